The number of methoxy groups -OCH3 is 1. The van der Waals surface area contributed by atoms with Gasteiger partial charge in [0.05, 0.1) is 12.5 Å². The zero-order valence-electron chi connectivity index (χ0n) is 11.2. The molecule has 5 nitrogen and oxygen atoms in total. The molecule has 106 valence electrons. The number of rotatable bonds is 2. The van der Waals surface area contributed by atoms with Gasteiger partial charge in [-0.05, 0) is 30.3 Å². The number of ether oxygens (including phenoxy) is 1. The normalized spacial score (nSPS) is 10.7. The van der Waals surface area contributed by atoms with Crippen molar-refractivity contribution in [1.29, 1.82) is 0 Å². The molecule has 0 radical (unpaired) electrons. The number of phenols is 2. The van der Waals surface area contributed by atoms with Crippen LogP contribution in [0.5, 0.6) is 17.2 Å². The summed E-state index contributed by atoms with van der Waals surface area (Å²) in [4.78, 5) is 12.1. The maximum atomic E-state index is 12.1. The van der Waals surface area contributed by atoms with Gasteiger partial charge in [-0.3, -0.25) is 4.79 Å². The second-order valence-corrected chi connectivity index (χ2v) is 4.54. The summed E-state index contributed by atoms with van der Waals surface area (Å²) in [5, 5.41) is 19.3. The van der Waals surface area contributed by atoms with E-state index in [9.17, 15) is 15.0 Å². The molecule has 1 heterocycles. The Balaban J connectivity index is 2.24. The minimum Gasteiger partial charge on any atom is -0.508 e. The Labute approximate surface area is 119 Å². The molecule has 0 bridgehead atoms. The van der Waals surface area contributed by atoms with Gasteiger partial charge < -0.3 is 19.4 Å². The maximum Gasteiger partial charge on any atom is 0.193 e. The summed E-state index contributed by atoms with van der Waals surface area (Å²) in [6.45, 7) is 0. The minimum absolute atomic E-state index is 0.116. The van der Waals surface area contributed by atoms with Gasteiger partial charge in [0.1, 0.15) is 17.1 Å². The van der Waals surface area contributed by atoms with Crippen LogP contribution in [0.3, 0.4) is 0 Å². The van der Waals surface area contributed by atoms with Crippen molar-refractivity contribution in [2.45, 2.75) is 0 Å². The van der Waals surface area contributed by atoms with Crippen molar-refractivity contribution in [3.8, 4) is 28.6 Å². The summed E-state index contributed by atoms with van der Waals surface area (Å²) in [6.07, 6.45) is 0. The zero-order valence-corrected chi connectivity index (χ0v) is 11.2. The SMILES string of the molecule is COc1cc2oc(-c3ccc(O)cc3)cc(=O)c2cc1O. The summed E-state index contributed by atoms with van der Waals surface area (Å²) < 4.78 is 10.7. The number of hydrogen-bond donors (Lipinski definition) is 2. The molecule has 1 aromatic heterocycles. The Kier molecular flexibility index (Phi) is 3.02. The largest absolute Gasteiger partial charge is 0.508 e. The predicted molar refractivity (Wildman–Crippen MR) is 77.8 cm³/mol. The van der Waals surface area contributed by atoms with Gasteiger partial charge in [-0.15, -0.1) is 0 Å². The molecule has 0 saturated carbocycles. The van der Waals surface area contributed by atoms with Gasteiger partial charge >= 0.3 is 0 Å². The van der Waals surface area contributed by atoms with E-state index in [1.807, 2.05) is 0 Å². The maximum absolute atomic E-state index is 12.1. The molecule has 2 N–H and O–H groups in total. The molecule has 0 saturated heterocycles. The molecule has 0 amide bonds. The van der Waals surface area contributed by atoms with Crippen molar-refractivity contribution < 1.29 is 19.4 Å². The van der Waals surface area contributed by atoms with Crippen LogP contribution in [0.4, 0.5) is 0 Å². The van der Waals surface area contributed by atoms with Gasteiger partial charge in [0, 0.05) is 17.7 Å². The summed E-state index contributed by atoms with van der Waals surface area (Å²) >= 11 is 0. The van der Waals surface area contributed by atoms with Crippen LogP contribution in [0, 0.1) is 0 Å². The third-order valence-electron chi connectivity index (χ3n) is 3.18. The van der Waals surface area contributed by atoms with Crippen LogP contribution < -0.4 is 10.2 Å². The van der Waals surface area contributed by atoms with Crippen LogP contribution in [-0.2, 0) is 0 Å². The van der Waals surface area contributed by atoms with Crippen LogP contribution in [0.1, 0.15) is 0 Å². The van der Waals surface area contributed by atoms with Crippen LogP contribution in [-0.4, -0.2) is 17.3 Å². The molecule has 2 aromatic carbocycles. The number of phenolic OH excluding ortho intramolecular Hbond substituents is 2. The Bertz CT molecular complexity index is 862. The van der Waals surface area contributed by atoms with Crippen molar-refractivity contribution in [2.24, 2.45) is 0 Å². The number of hydrogen-bond acceptors (Lipinski definition) is 5. The molecule has 5 heteroatoms. The van der Waals surface area contributed by atoms with Gasteiger partial charge in [0.2, 0.25) is 0 Å². The van der Waals surface area contributed by atoms with E-state index in [0.717, 1.165) is 0 Å². The number of aromatic hydroxyl groups is 2. The number of benzene rings is 2. The van der Waals surface area contributed by atoms with Crippen LogP contribution in [0.15, 0.2) is 51.7 Å². The Morgan fingerprint density at radius 1 is 1.05 bits per heavy atom. The van der Waals surface area contributed by atoms with Crippen LogP contribution in [0.2, 0.25) is 0 Å². The smallest absolute Gasteiger partial charge is 0.193 e. The highest BCUT2D eigenvalue weighted by molar-refractivity contribution is 5.82. The monoisotopic (exact) mass is 284 g/mol. The zero-order chi connectivity index (χ0) is 15.0. The van der Waals surface area contributed by atoms with E-state index in [-0.39, 0.29) is 28.1 Å². The molecule has 0 spiro atoms. The van der Waals surface area contributed by atoms with Crippen molar-refractivity contribution >= 4 is 11.0 Å². The highest BCUT2D eigenvalue weighted by Crippen LogP contribution is 2.32. The average molecular weight is 284 g/mol. The predicted octanol–water partition coefficient (Wildman–Crippen LogP) is 2.88. The van der Waals surface area contributed by atoms with Crippen molar-refractivity contribution in [2.75, 3.05) is 7.11 Å². The first-order valence-electron chi connectivity index (χ1n) is 6.23. The quantitative estimate of drug-likeness (QED) is 0.756. The molecule has 3 aromatic rings. The van der Waals surface area contributed by atoms with E-state index in [4.69, 9.17) is 9.15 Å². The molecule has 0 aliphatic rings. The highest BCUT2D eigenvalue weighted by atomic mass is 16.5. The average Bonchev–Trinajstić information content (AvgIpc) is 2.48. The van der Waals surface area contributed by atoms with Crippen molar-refractivity contribution in [1.82, 2.24) is 0 Å². The second-order valence-electron chi connectivity index (χ2n) is 4.54. The molecule has 21 heavy (non-hydrogen) atoms. The second kappa shape index (κ2) is 4.86. The Morgan fingerprint density at radius 3 is 2.43 bits per heavy atom. The molecule has 0 fully saturated rings. The minimum atomic E-state index is -0.266. The first-order valence-corrected chi connectivity index (χ1v) is 6.23. The number of fused-ring (bicyclic) bond motifs is 1. The molecule has 3 rings (SSSR count). The highest BCUT2D eigenvalue weighted by Gasteiger charge is 2.11. The van der Waals surface area contributed by atoms with Gasteiger partial charge in [-0.25, -0.2) is 0 Å². The van der Waals surface area contributed by atoms with E-state index < -0.39 is 0 Å². The lowest BCUT2D eigenvalue weighted by atomic mass is 10.1. The van der Waals surface area contributed by atoms with E-state index in [1.165, 1.54) is 37.4 Å². The van der Waals surface area contributed by atoms with Crippen LogP contribution >= 0.6 is 0 Å². The van der Waals surface area contributed by atoms with E-state index >= 15 is 0 Å². The lowest BCUT2D eigenvalue weighted by molar-refractivity contribution is 0.373. The summed E-state index contributed by atoms with van der Waals surface area (Å²) in [5.74, 6) is 0.622. The summed E-state index contributed by atoms with van der Waals surface area (Å²) in [6, 6.07) is 10.5. The first kappa shape index (κ1) is 13.1. The Hall–Kier alpha value is -2.95. The molecular formula is C16H12O5. The Morgan fingerprint density at radius 2 is 1.76 bits per heavy atom. The lowest BCUT2D eigenvalue weighted by Crippen LogP contribution is -2.00. The van der Waals surface area contributed by atoms with Crippen LogP contribution in [0.25, 0.3) is 22.3 Å². The van der Waals surface area contributed by atoms with Gasteiger partial charge in [0.25, 0.3) is 0 Å². The summed E-state index contributed by atoms with van der Waals surface area (Å²) in [7, 11) is 1.42. The van der Waals surface area contributed by atoms with Crippen molar-refractivity contribution in [3.05, 3.63) is 52.7 Å². The van der Waals surface area contributed by atoms with E-state index in [1.54, 1.807) is 12.1 Å². The molecule has 0 aliphatic heterocycles. The molecule has 0 unspecified atom stereocenters. The summed E-state index contributed by atoms with van der Waals surface area (Å²) in [5.41, 5.74) is 0.719. The fourth-order valence-corrected chi connectivity index (χ4v) is 2.10. The van der Waals surface area contributed by atoms with Gasteiger partial charge in [0.15, 0.2) is 16.9 Å². The lowest BCUT2D eigenvalue weighted by Gasteiger charge is -2.07. The molecule has 0 atom stereocenters. The van der Waals surface area contributed by atoms with E-state index in [0.29, 0.717) is 16.9 Å². The fraction of sp³-hybridized carbons (Fsp3) is 0.0625. The molecule has 0 aliphatic carbocycles. The third-order valence-corrected chi connectivity index (χ3v) is 3.18. The van der Waals surface area contributed by atoms with Gasteiger partial charge in [-0.1, -0.05) is 0 Å². The van der Waals surface area contributed by atoms with Gasteiger partial charge in [-0.2, -0.15) is 0 Å². The topological polar surface area (TPSA) is 79.9 Å². The fourth-order valence-electron chi connectivity index (χ4n) is 2.10. The van der Waals surface area contributed by atoms with E-state index in [2.05, 4.69) is 0 Å². The first-order chi connectivity index (χ1) is 10.1. The standard InChI is InChI=1S/C16H12O5/c1-20-16-8-15-11(6-13(16)19)12(18)7-14(21-15)9-2-4-10(17)5-3-9/h2-8,17,19H,1H3. The third kappa shape index (κ3) is 2.29. The molecular weight excluding hydrogens is 272 g/mol. The van der Waals surface area contributed by atoms with Crippen molar-refractivity contribution in [3.63, 3.8) is 0 Å².